The van der Waals surface area contributed by atoms with Crippen LogP contribution in [0.1, 0.15) is 36.5 Å². The van der Waals surface area contributed by atoms with E-state index in [9.17, 15) is 4.79 Å². The van der Waals surface area contributed by atoms with Crippen molar-refractivity contribution in [3.63, 3.8) is 0 Å². The fourth-order valence-corrected chi connectivity index (χ4v) is 4.63. The van der Waals surface area contributed by atoms with E-state index in [2.05, 4.69) is 59.1 Å². The third kappa shape index (κ3) is 4.55. The lowest BCUT2D eigenvalue weighted by Gasteiger charge is -2.31. The molecule has 1 aliphatic rings. The fourth-order valence-electron chi connectivity index (χ4n) is 4.46. The molecule has 4 rings (SSSR count). The maximum absolute atomic E-state index is 12.7. The van der Waals surface area contributed by atoms with Crippen molar-refractivity contribution < 1.29 is 4.79 Å². The first-order chi connectivity index (χ1) is 14.5. The average Bonchev–Trinajstić information content (AvgIpc) is 3.10. The van der Waals surface area contributed by atoms with Crippen molar-refractivity contribution in [1.29, 1.82) is 0 Å². The number of nitrogens with one attached hydrogen (secondary N) is 1. The molecule has 1 aromatic heterocycles. The molecule has 30 heavy (non-hydrogen) atoms. The monoisotopic (exact) mass is 423 g/mol. The lowest BCUT2D eigenvalue weighted by molar-refractivity contribution is -0.126. The molecule has 3 aromatic rings. The van der Waals surface area contributed by atoms with Gasteiger partial charge < -0.3 is 9.88 Å². The highest BCUT2D eigenvalue weighted by atomic mass is 35.5. The molecule has 0 saturated carbocycles. The summed E-state index contributed by atoms with van der Waals surface area (Å²) in [6, 6.07) is 14.4. The minimum atomic E-state index is 0.108. The summed E-state index contributed by atoms with van der Waals surface area (Å²) in [5, 5.41) is 5.16. The van der Waals surface area contributed by atoms with E-state index >= 15 is 0 Å². The molecule has 0 bridgehead atoms. The van der Waals surface area contributed by atoms with E-state index in [-0.39, 0.29) is 11.8 Å². The first-order valence-corrected chi connectivity index (χ1v) is 11.2. The molecule has 0 aliphatic carbocycles. The van der Waals surface area contributed by atoms with Gasteiger partial charge in [-0.15, -0.1) is 0 Å². The number of carbonyl (C=O) groups is 1. The van der Waals surface area contributed by atoms with Crippen molar-refractivity contribution in [3.8, 4) is 0 Å². The van der Waals surface area contributed by atoms with E-state index in [4.69, 9.17) is 11.6 Å². The van der Waals surface area contributed by atoms with E-state index in [0.29, 0.717) is 6.54 Å². The van der Waals surface area contributed by atoms with Gasteiger partial charge >= 0.3 is 0 Å². The van der Waals surface area contributed by atoms with Crippen LogP contribution in [-0.4, -0.2) is 28.5 Å². The highest BCUT2D eigenvalue weighted by molar-refractivity contribution is 6.31. The lowest BCUT2D eigenvalue weighted by atomic mass is 9.95. The van der Waals surface area contributed by atoms with Gasteiger partial charge in [-0.3, -0.25) is 9.69 Å². The maximum atomic E-state index is 12.7. The molecule has 2 aromatic carbocycles. The molecule has 158 valence electrons. The van der Waals surface area contributed by atoms with Crippen LogP contribution in [0.25, 0.3) is 10.9 Å². The number of carbonyl (C=O) groups excluding carboxylic acids is 1. The van der Waals surface area contributed by atoms with Gasteiger partial charge in [0.1, 0.15) is 0 Å². The molecule has 0 spiro atoms. The zero-order valence-corrected chi connectivity index (χ0v) is 18.6. The van der Waals surface area contributed by atoms with Crippen LogP contribution in [0.4, 0.5) is 0 Å². The molecule has 2 heterocycles. The Labute approximate surface area is 183 Å². The van der Waals surface area contributed by atoms with Crippen molar-refractivity contribution in [2.75, 3.05) is 13.1 Å². The molecule has 1 aliphatic heterocycles. The first kappa shape index (κ1) is 21.0. The van der Waals surface area contributed by atoms with Crippen LogP contribution >= 0.6 is 11.6 Å². The normalized spacial score (nSPS) is 15.6. The van der Waals surface area contributed by atoms with Crippen molar-refractivity contribution in [2.24, 2.45) is 5.92 Å². The summed E-state index contributed by atoms with van der Waals surface area (Å²) in [6.45, 7) is 8.61. The molecule has 1 saturated heterocycles. The highest BCUT2D eigenvalue weighted by Gasteiger charge is 2.25. The number of rotatable bonds is 6. The topological polar surface area (TPSA) is 37.3 Å². The summed E-state index contributed by atoms with van der Waals surface area (Å²) in [4.78, 5) is 15.1. The van der Waals surface area contributed by atoms with Gasteiger partial charge in [0, 0.05) is 47.7 Å². The Kier molecular flexibility index (Phi) is 6.45. The van der Waals surface area contributed by atoms with Crippen molar-refractivity contribution in [1.82, 2.24) is 14.8 Å². The summed E-state index contributed by atoms with van der Waals surface area (Å²) in [6.07, 6.45) is 4.07. The van der Waals surface area contributed by atoms with Gasteiger partial charge in [0.05, 0.1) is 0 Å². The molecular formula is C25H30ClN3O. The van der Waals surface area contributed by atoms with Crippen LogP contribution in [0, 0.1) is 12.8 Å². The van der Waals surface area contributed by atoms with Gasteiger partial charge in [-0.2, -0.15) is 0 Å². The Morgan fingerprint density at radius 1 is 1.13 bits per heavy atom. The Hall–Kier alpha value is -2.30. The SMILES string of the molecule is CCn1cc(CN2CCC(C(=O)NCc3ccccc3C)CC2)c2cc(Cl)ccc21. The lowest BCUT2D eigenvalue weighted by Crippen LogP contribution is -2.40. The number of piperidine rings is 1. The minimum Gasteiger partial charge on any atom is -0.352 e. The summed E-state index contributed by atoms with van der Waals surface area (Å²) in [5.74, 6) is 0.295. The number of hydrogen-bond donors (Lipinski definition) is 1. The van der Waals surface area contributed by atoms with Gasteiger partial charge in [-0.05, 0) is 74.7 Å². The maximum Gasteiger partial charge on any atom is 0.223 e. The number of hydrogen-bond acceptors (Lipinski definition) is 2. The van der Waals surface area contributed by atoms with Gasteiger partial charge in [-0.1, -0.05) is 35.9 Å². The molecule has 0 unspecified atom stereocenters. The molecule has 4 nitrogen and oxygen atoms in total. The number of amides is 1. The van der Waals surface area contributed by atoms with Crippen LogP contribution in [-0.2, 0) is 24.4 Å². The smallest absolute Gasteiger partial charge is 0.223 e. The first-order valence-electron chi connectivity index (χ1n) is 10.9. The molecule has 1 N–H and O–H groups in total. The van der Waals surface area contributed by atoms with Crippen LogP contribution < -0.4 is 5.32 Å². The molecule has 5 heteroatoms. The number of halogens is 1. The summed E-state index contributed by atoms with van der Waals surface area (Å²) in [5.41, 5.74) is 4.97. The zero-order valence-electron chi connectivity index (χ0n) is 17.8. The fraction of sp³-hybridized carbons (Fsp3) is 0.400. The molecule has 0 atom stereocenters. The van der Waals surface area contributed by atoms with Gasteiger partial charge in [0.25, 0.3) is 0 Å². The quantitative estimate of drug-likeness (QED) is 0.595. The van der Waals surface area contributed by atoms with E-state index in [1.807, 2.05) is 18.2 Å². The Morgan fingerprint density at radius 2 is 1.90 bits per heavy atom. The van der Waals surface area contributed by atoms with Crippen molar-refractivity contribution in [3.05, 3.63) is 70.4 Å². The molecule has 0 radical (unpaired) electrons. The van der Waals surface area contributed by atoms with Gasteiger partial charge in [0.2, 0.25) is 5.91 Å². The average molecular weight is 424 g/mol. The van der Waals surface area contributed by atoms with Crippen LogP contribution in [0.2, 0.25) is 5.02 Å². The predicted octanol–water partition coefficient (Wildman–Crippen LogP) is 5.15. The largest absolute Gasteiger partial charge is 0.352 e. The number of nitrogens with zero attached hydrogens (tertiary/aromatic N) is 2. The number of aryl methyl sites for hydroxylation is 2. The Morgan fingerprint density at radius 3 is 2.63 bits per heavy atom. The number of likely N-dealkylation sites (tertiary alicyclic amines) is 1. The summed E-state index contributed by atoms with van der Waals surface area (Å²) in [7, 11) is 0. The Balaban J connectivity index is 1.34. The van der Waals surface area contributed by atoms with Crippen LogP contribution in [0.15, 0.2) is 48.7 Å². The van der Waals surface area contributed by atoms with E-state index in [0.717, 1.165) is 44.0 Å². The summed E-state index contributed by atoms with van der Waals surface area (Å²) < 4.78 is 2.28. The second kappa shape index (κ2) is 9.23. The zero-order chi connectivity index (χ0) is 21.1. The highest BCUT2D eigenvalue weighted by Crippen LogP contribution is 2.27. The van der Waals surface area contributed by atoms with E-state index in [1.165, 1.54) is 27.6 Å². The second-order valence-electron chi connectivity index (χ2n) is 8.30. The standard InChI is InChI=1S/C25H30ClN3O/c1-3-29-17-21(23-14-22(26)8-9-24(23)29)16-28-12-10-19(11-13-28)25(30)27-15-20-7-5-4-6-18(20)2/h4-9,14,17,19H,3,10-13,15-16H2,1-2H3,(H,27,30). The van der Waals surface area contributed by atoms with Crippen LogP contribution in [0.5, 0.6) is 0 Å². The van der Waals surface area contributed by atoms with Crippen LogP contribution in [0.3, 0.4) is 0 Å². The predicted molar refractivity (Wildman–Crippen MR) is 124 cm³/mol. The molecular weight excluding hydrogens is 394 g/mol. The Bertz CT molecular complexity index is 1030. The minimum absolute atomic E-state index is 0.108. The third-order valence-electron chi connectivity index (χ3n) is 6.33. The van der Waals surface area contributed by atoms with Gasteiger partial charge in [0.15, 0.2) is 0 Å². The number of benzene rings is 2. The van der Waals surface area contributed by atoms with E-state index in [1.54, 1.807) is 0 Å². The van der Waals surface area contributed by atoms with Gasteiger partial charge in [-0.25, -0.2) is 0 Å². The van der Waals surface area contributed by atoms with Crippen molar-refractivity contribution >= 4 is 28.4 Å². The summed E-state index contributed by atoms with van der Waals surface area (Å²) >= 11 is 6.26. The molecule has 1 amide bonds. The second-order valence-corrected chi connectivity index (χ2v) is 8.73. The third-order valence-corrected chi connectivity index (χ3v) is 6.57. The number of fused-ring (bicyclic) bond motifs is 1. The van der Waals surface area contributed by atoms with Crippen molar-refractivity contribution in [2.45, 2.75) is 46.3 Å². The van der Waals surface area contributed by atoms with E-state index < -0.39 is 0 Å². The number of aromatic nitrogens is 1. The molecule has 1 fully saturated rings.